The maximum atomic E-state index is 11.4. The van der Waals surface area contributed by atoms with Crippen LogP contribution < -0.4 is 15.4 Å². The lowest BCUT2D eigenvalue weighted by Gasteiger charge is -2.21. The molecule has 0 saturated carbocycles. The van der Waals surface area contributed by atoms with Crippen molar-refractivity contribution in [3.05, 3.63) is 46.2 Å². The minimum atomic E-state index is -0.0991. The third-order valence-electron chi connectivity index (χ3n) is 3.54. The molecule has 2 aromatic rings. The minimum absolute atomic E-state index is 0.0982. The van der Waals surface area contributed by atoms with E-state index in [2.05, 4.69) is 35.1 Å². The van der Waals surface area contributed by atoms with Crippen molar-refractivity contribution in [2.75, 3.05) is 18.5 Å². The van der Waals surface area contributed by atoms with Crippen LogP contribution in [0.3, 0.4) is 0 Å². The van der Waals surface area contributed by atoms with E-state index in [0.29, 0.717) is 0 Å². The van der Waals surface area contributed by atoms with Gasteiger partial charge in [-0.05, 0) is 42.5 Å². The predicted molar refractivity (Wildman–Crippen MR) is 85.0 cm³/mol. The maximum absolute atomic E-state index is 11.4. The molecule has 2 heterocycles. The van der Waals surface area contributed by atoms with Crippen molar-refractivity contribution in [2.24, 2.45) is 0 Å². The van der Waals surface area contributed by atoms with Gasteiger partial charge in [0.1, 0.15) is 5.75 Å². The molecule has 1 aromatic heterocycles. The molecule has 1 atom stereocenters. The molecule has 110 valence electrons. The summed E-state index contributed by atoms with van der Waals surface area (Å²) in [5.41, 5.74) is 1.90. The zero-order chi connectivity index (χ0) is 14.7. The lowest BCUT2D eigenvalue weighted by atomic mass is 10.1. The monoisotopic (exact) mass is 302 g/mol. The van der Waals surface area contributed by atoms with Crippen LogP contribution in [0.1, 0.15) is 23.4 Å². The Hall–Kier alpha value is -1.85. The molecule has 1 aliphatic rings. The van der Waals surface area contributed by atoms with Gasteiger partial charge >= 0.3 is 0 Å². The highest BCUT2D eigenvalue weighted by Gasteiger charge is 2.17. The van der Waals surface area contributed by atoms with Gasteiger partial charge in [-0.15, -0.1) is 11.3 Å². The second-order valence-corrected chi connectivity index (χ2v) is 6.13. The summed E-state index contributed by atoms with van der Waals surface area (Å²) >= 11 is 1.79. The van der Waals surface area contributed by atoms with Crippen LogP contribution in [0.25, 0.3) is 0 Å². The minimum Gasteiger partial charge on any atom is -0.482 e. The number of thiophene rings is 1. The molecular formula is C16H18N2O2S. The van der Waals surface area contributed by atoms with Gasteiger partial charge in [0, 0.05) is 17.5 Å². The van der Waals surface area contributed by atoms with E-state index in [4.69, 9.17) is 4.74 Å². The summed E-state index contributed by atoms with van der Waals surface area (Å²) in [5, 5.41) is 8.45. The van der Waals surface area contributed by atoms with Crippen LogP contribution in [0.5, 0.6) is 5.75 Å². The molecule has 0 bridgehead atoms. The first kappa shape index (κ1) is 14.1. The highest BCUT2D eigenvalue weighted by Crippen LogP contribution is 2.30. The average Bonchev–Trinajstić information content (AvgIpc) is 2.99. The smallest absolute Gasteiger partial charge is 0.262 e. The molecule has 1 unspecified atom stereocenters. The molecule has 1 aliphatic heterocycles. The predicted octanol–water partition coefficient (Wildman–Crippen LogP) is 2.97. The summed E-state index contributed by atoms with van der Waals surface area (Å²) in [7, 11) is 0. The Labute approximate surface area is 128 Å². The van der Waals surface area contributed by atoms with Crippen LogP contribution in [0.4, 0.5) is 5.69 Å². The molecule has 21 heavy (non-hydrogen) atoms. The molecule has 0 fully saturated rings. The highest BCUT2D eigenvalue weighted by atomic mass is 32.1. The van der Waals surface area contributed by atoms with Gasteiger partial charge in [0.15, 0.2) is 6.61 Å². The molecule has 0 aliphatic carbocycles. The van der Waals surface area contributed by atoms with Crippen LogP contribution in [-0.4, -0.2) is 19.1 Å². The number of carbonyl (C=O) groups is 1. The first-order chi connectivity index (χ1) is 10.2. The van der Waals surface area contributed by atoms with Gasteiger partial charge in [-0.25, -0.2) is 0 Å². The van der Waals surface area contributed by atoms with Crippen LogP contribution in [0, 0.1) is 0 Å². The number of carbonyl (C=O) groups excluding carboxylic acids is 1. The van der Waals surface area contributed by atoms with Crippen LogP contribution >= 0.6 is 11.3 Å². The van der Waals surface area contributed by atoms with E-state index in [1.165, 1.54) is 4.88 Å². The Balaban J connectivity index is 1.60. The van der Waals surface area contributed by atoms with E-state index >= 15 is 0 Å². The zero-order valence-electron chi connectivity index (χ0n) is 11.9. The Morgan fingerprint density at radius 3 is 3.14 bits per heavy atom. The summed E-state index contributed by atoms with van der Waals surface area (Å²) in [6.45, 7) is 3.16. The van der Waals surface area contributed by atoms with Crippen LogP contribution in [0.15, 0.2) is 35.7 Å². The maximum Gasteiger partial charge on any atom is 0.262 e. The summed E-state index contributed by atoms with van der Waals surface area (Å²) < 4.78 is 5.37. The number of rotatable bonds is 5. The van der Waals surface area contributed by atoms with E-state index in [-0.39, 0.29) is 18.6 Å². The molecule has 1 aromatic carbocycles. The van der Waals surface area contributed by atoms with Crippen molar-refractivity contribution in [2.45, 2.75) is 19.4 Å². The lowest BCUT2D eigenvalue weighted by molar-refractivity contribution is -0.118. The molecule has 2 N–H and O–H groups in total. The van der Waals surface area contributed by atoms with E-state index in [9.17, 15) is 4.79 Å². The second-order valence-electron chi connectivity index (χ2n) is 5.10. The first-order valence-electron chi connectivity index (χ1n) is 7.05. The number of amides is 1. The summed E-state index contributed by atoms with van der Waals surface area (Å²) in [4.78, 5) is 12.7. The van der Waals surface area contributed by atoms with E-state index in [1.54, 1.807) is 11.3 Å². The lowest BCUT2D eigenvalue weighted by Crippen LogP contribution is -2.26. The first-order valence-corrected chi connectivity index (χ1v) is 7.93. The largest absolute Gasteiger partial charge is 0.482 e. The zero-order valence-corrected chi connectivity index (χ0v) is 12.7. The van der Waals surface area contributed by atoms with Gasteiger partial charge in [-0.1, -0.05) is 12.1 Å². The molecule has 1 amide bonds. The molecular weight excluding hydrogens is 284 g/mol. The fraction of sp³-hybridized carbons (Fsp3) is 0.312. The van der Waals surface area contributed by atoms with Gasteiger partial charge in [0.25, 0.3) is 5.91 Å². The van der Waals surface area contributed by atoms with E-state index in [0.717, 1.165) is 30.0 Å². The topological polar surface area (TPSA) is 50.4 Å². The van der Waals surface area contributed by atoms with Gasteiger partial charge < -0.3 is 15.4 Å². The Morgan fingerprint density at radius 1 is 1.43 bits per heavy atom. The van der Waals surface area contributed by atoms with Crippen LogP contribution in [0.2, 0.25) is 0 Å². The second kappa shape index (κ2) is 6.28. The van der Waals surface area contributed by atoms with Gasteiger partial charge in [-0.2, -0.15) is 0 Å². The summed E-state index contributed by atoms with van der Waals surface area (Å²) in [6, 6.07) is 10.4. The number of ether oxygens (including phenoxy) is 1. The van der Waals surface area contributed by atoms with Gasteiger partial charge in [0.05, 0.1) is 5.69 Å². The van der Waals surface area contributed by atoms with Crippen molar-refractivity contribution in [3.63, 3.8) is 0 Å². The Kier molecular flexibility index (Phi) is 4.22. The van der Waals surface area contributed by atoms with Crippen molar-refractivity contribution in [1.29, 1.82) is 0 Å². The molecule has 0 radical (unpaired) electrons. The molecule has 0 saturated heterocycles. The summed E-state index contributed by atoms with van der Waals surface area (Å²) in [6.07, 6.45) is 1.03. The SMILES string of the molecule is CC(NCCc1cccs1)c1ccc2c(c1)NC(=O)CO2. The standard InChI is InChI=1S/C16H18N2O2S/c1-11(17-7-6-13-3-2-8-21-13)12-4-5-15-14(9-12)18-16(19)10-20-15/h2-5,8-9,11,17H,6-7,10H2,1H3,(H,18,19). The number of hydrogen-bond acceptors (Lipinski definition) is 4. The molecule has 0 spiro atoms. The van der Waals surface area contributed by atoms with E-state index < -0.39 is 0 Å². The normalized spacial score (nSPS) is 15.0. The van der Waals surface area contributed by atoms with Crippen molar-refractivity contribution in [1.82, 2.24) is 5.32 Å². The van der Waals surface area contributed by atoms with Gasteiger partial charge in [-0.3, -0.25) is 4.79 Å². The molecule has 5 heteroatoms. The number of benzene rings is 1. The molecule has 4 nitrogen and oxygen atoms in total. The fourth-order valence-electron chi connectivity index (χ4n) is 2.35. The quantitative estimate of drug-likeness (QED) is 0.893. The fourth-order valence-corrected chi connectivity index (χ4v) is 3.06. The Bertz CT molecular complexity index is 625. The van der Waals surface area contributed by atoms with Gasteiger partial charge in [0.2, 0.25) is 0 Å². The van der Waals surface area contributed by atoms with Crippen molar-refractivity contribution < 1.29 is 9.53 Å². The highest BCUT2D eigenvalue weighted by molar-refractivity contribution is 7.09. The number of anilines is 1. The van der Waals surface area contributed by atoms with Crippen LogP contribution in [-0.2, 0) is 11.2 Å². The van der Waals surface area contributed by atoms with Crippen molar-refractivity contribution >= 4 is 22.9 Å². The Morgan fingerprint density at radius 2 is 2.33 bits per heavy atom. The van der Waals surface area contributed by atoms with Crippen molar-refractivity contribution in [3.8, 4) is 5.75 Å². The average molecular weight is 302 g/mol. The third-order valence-corrected chi connectivity index (χ3v) is 4.47. The van der Waals surface area contributed by atoms with E-state index in [1.807, 2.05) is 18.2 Å². The molecule has 3 rings (SSSR count). The number of nitrogens with one attached hydrogen (secondary N) is 2. The summed E-state index contributed by atoms with van der Waals surface area (Å²) in [5.74, 6) is 0.641. The third kappa shape index (κ3) is 3.43. The number of fused-ring (bicyclic) bond motifs is 1. The number of hydrogen-bond donors (Lipinski definition) is 2.